The predicted octanol–water partition coefficient (Wildman–Crippen LogP) is 2.71. The van der Waals surface area contributed by atoms with Crippen molar-refractivity contribution in [3.63, 3.8) is 0 Å². The van der Waals surface area contributed by atoms with Crippen LogP contribution in [0.1, 0.15) is 19.3 Å². The van der Waals surface area contributed by atoms with E-state index in [1.54, 1.807) is 5.57 Å². The van der Waals surface area contributed by atoms with Crippen LogP contribution in [-0.4, -0.2) is 4.90 Å². The summed E-state index contributed by atoms with van der Waals surface area (Å²) in [6, 6.07) is 0. The molecule has 0 saturated carbocycles. The number of hydrogen-bond donors (Lipinski definition) is 0. The van der Waals surface area contributed by atoms with Gasteiger partial charge in [0, 0.05) is 17.6 Å². The standard InChI is InChI=1S/C11H11N/c1-4-10-7-6-9-3-2-8-12(10)11(9)5-1/h1-2,4-5,8H,3,6-7H2. The van der Waals surface area contributed by atoms with Crippen molar-refractivity contribution in [2.75, 3.05) is 0 Å². The summed E-state index contributed by atoms with van der Waals surface area (Å²) >= 11 is 0. The van der Waals surface area contributed by atoms with Crippen molar-refractivity contribution in [3.05, 3.63) is 47.5 Å². The highest BCUT2D eigenvalue weighted by Crippen LogP contribution is 2.37. The second-order valence-corrected chi connectivity index (χ2v) is 3.46. The van der Waals surface area contributed by atoms with Crippen LogP contribution in [0.5, 0.6) is 0 Å². The maximum Gasteiger partial charge on any atom is 0.0447 e. The van der Waals surface area contributed by atoms with Gasteiger partial charge in [-0.25, -0.2) is 0 Å². The molecule has 0 amide bonds. The van der Waals surface area contributed by atoms with Gasteiger partial charge >= 0.3 is 0 Å². The van der Waals surface area contributed by atoms with E-state index in [9.17, 15) is 0 Å². The van der Waals surface area contributed by atoms with Gasteiger partial charge in [0.05, 0.1) is 0 Å². The minimum absolute atomic E-state index is 1.16. The van der Waals surface area contributed by atoms with Crippen LogP contribution in [0.2, 0.25) is 0 Å². The van der Waals surface area contributed by atoms with Gasteiger partial charge in [-0.2, -0.15) is 0 Å². The van der Waals surface area contributed by atoms with Crippen LogP contribution >= 0.6 is 0 Å². The zero-order chi connectivity index (χ0) is 7.97. The summed E-state index contributed by atoms with van der Waals surface area (Å²) in [6.45, 7) is 0. The van der Waals surface area contributed by atoms with E-state index in [-0.39, 0.29) is 0 Å². The summed E-state index contributed by atoms with van der Waals surface area (Å²) in [6.07, 6.45) is 14.7. The number of nitrogens with zero attached hydrogens (tertiary/aromatic N) is 1. The molecule has 0 N–H and O–H groups in total. The average Bonchev–Trinajstić information content (AvgIpc) is 2.07. The average molecular weight is 157 g/mol. The summed E-state index contributed by atoms with van der Waals surface area (Å²) in [4.78, 5) is 2.32. The van der Waals surface area contributed by atoms with Gasteiger partial charge < -0.3 is 4.90 Å². The molecule has 60 valence electrons. The molecule has 0 fully saturated rings. The van der Waals surface area contributed by atoms with Gasteiger partial charge in [0.1, 0.15) is 0 Å². The second-order valence-electron chi connectivity index (χ2n) is 3.46. The highest BCUT2D eigenvalue weighted by atomic mass is 15.1. The first-order valence-corrected chi connectivity index (χ1v) is 4.50. The molecule has 3 aliphatic heterocycles. The molecule has 0 atom stereocenters. The molecule has 3 rings (SSSR count). The molecule has 0 unspecified atom stereocenters. The van der Waals surface area contributed by atoms with Gasteiger partial charge in [0.25, 0.3) is 0 Å². The fraction of sp³-hybridized carbons (Fsp3) is 0.273. The summed E-state index contributed by atoms with van der Waals surface area (Å²) in [5.74, 6) is 0. The van der Waals surface area contributed by atoms with Crippen LogP contribution in [0.3, 0.4) is 0 Å². The lowest BCUT2D eigenvalue weighted by molar-refractivity contribution is 0.496. The third kappa shape index (κ3) is 0.685. The lowest BCUT2D eigenvalue weighted by Crippen LogP contribution is -2.25. The lowest BCUT2D eigenvalue weighted by Gasteiger charge is -2.36. The molecule has 1 heteroatoms. The van der Waals surface area contributed by atoms with Crippen molar-refractivity contribution in [3.8, 4) is 0 Å². The van der Waals surface area contributed by atoms with E-state index >= 15 is 0 Å². The van der Waals surface area contributed by atoms with E-state index in [1.165, 1.54) is 24.2 Å². The third-order valence-electron chi connectivity index (χ3n) is 2.78. The largest absolute Gasteiger partial charge is 0.321 e. The van der Waals surface area contributed by atoms with Crippen LogP contribution in [0.15, 0.2) is 47.5 Å². The monoisotopic (exact) mass is 157 g/mol. The first kappa shape index (κ1) is 6.30. The molecule has 3 heterocycles. The molecular formula is C11H11N. The van der Waals surface area contributed by atoms with Crippen LogP contribution < -0.4 is 0 Å². The predicted molar refractivity (Wildman–Crippen MR) is 49.1 cm³/mol. The van der Waals surface area contributed by atoms with Gasteiger partial charge in [-0.05, 0) is 37.0 Å². The Labute approximate surface area is 72.4 Å². The van der Waals surface area contributed by atoms with Crippen LogP contribution in [0.25, 0.3) is 0 Å². The van der Waals surface area contributed by atoms with Gasteiger partial charge in [0.15, 0.2) is 0 Å². The first-order valence-electron chi connectivity index (χ1n) is 4.50. The van der Waals surface area contributed by atoms with Crippen LogP contribution in [0, 0.1) is 0 Å². The van der Waals surface area contributed by atoms with Crippen molar-refractivity contribution >= 4 is 0 Å². The third-order valence-corrected chi connectivity index (χ3v) is 2.78. The fourth-order valence-electron chi connectivity index (χ4n) is 2.15. The zero-order valence-corrected chi connectivity index (χ0v) is 6.96. The molecule has 0 saturated heterocycles. The van der Waals surface area contributed by atoms with E-state index in [0.717, 1.165) is 6.42 Å². The Balaban J connectivity index is 2.21. The molecule has 0 radical (unpaired) electrons. The Morgan fingerprint density at radius 3 is 3.17 bits per heavy atom. The summed E-state index contributed by atoms with van der Waals surface area (Å²) in [7, 11) is 0. The maximum atomic E-state index is 2.32. The van der Waals surface area contributed by atoms with Crippen LogP contribution in [-0.2, 0) is 0 Å². The number of rotatable bonds is 0. The Kier molecular flexibility index (Phi) is 1.12. The molecular weight excluding hydrogens is 146 g/mol. The second kappa shape index (κ2) is 2.13. The molecule has 4 bridgehead atoms. The van der Waals surface area contributed by atoms with E-state index in [4.69, 9.17) is 0 Å². The van der Waals surface area contributed by atoms with Gasteiger partial charge in [0.2, 0.25) is 0 Å². The summed E-state index contributed by atoms with van der Waals surface area (Å²) < 4.78 is 0. The van der Waals surface area contributed by atoms with E-state index < -0.39 is 0 Å². The Morgan fingerprint density at radius 1 is 1.25 bits per heavy atom. The van der Waals surface area contributed by atoms with Crippen molar-refractivity contribution in [2.24, 2.45) is 0 Å². The maximum absolute atomic E-state index is 2.32. The number of allylic oxidation sites excluding steroid dienone is 6. The molecule has 0 aromatic carbocycles. The number of hydrogen-bond acceptors (Lipinski definition) is 1. The minimum atomic E-state index is 1.16. The van der Waals surface area contributed by atoms with Crippen molar-refractivity contribution < 1.29 is 0 Å². The lowest BCUT2D eigenvalue weighted by atomic mass is 9.92. The molecule has 0 aliphatic carbocycles. The Morgan fingerprint density at radius 2 is 2.25 bits per heavy atom. The van der Waals surface area contributed by atoms with Crippen molar-refractivity contribution in [1.29, 1.82) is 0 Å². The summed E-state index contributed by atoms with van der Waals surface area (Å²) in [5.41, 5.74) is 4.49. The molecule has 1 nitrogen and oxygen atoms in total. The molecule has 0 aromatic heterocycles. The van der Waals surface area contributed by atoms with Crippen molar-refractivity contribution in [1.82, 2.24) is 4.90 Å². The SMILES string of the molecule is C1=CC2=C3CC=CN2C(=C1)CC3. The molecule has 0 spiro atoms. The van der Waals surface area contributed by atoms with Gasteiger partial charge in [-0.3, -0.25) is 0 Å². The van der Waals surface area contributed by atoms with E-state index in [2.05, 4.69) is 35.4 Å². The van der Waals surface area contributed by atoms with Crippen LogP contribution in [0.4, 0.5) is 0 Å². The topological polar surface area (TPSA) is 3.24 Å². The smallest absolute Gasteiger partial charge is 0.0447 e. The highest BCUT2D eigenvalue weighted by Gasteiger charge is 2.23. The van der Waals surface area contributed by atoms with E-state index in [1.807, 2.05) is 0 Å². The Bertz CT molecular complexity index is 342. The minimum Gasteiger partial charge on any atom is -0.321 e. The molecule has 3 aliphatic rings. The zero-order valence-electron chi connectivity index (χ0n) is 6.96. The molecule has 0 aromatic rings. The molecule has 12 heavy (non-hydrogen) atoms. The van der Waals surface area contributed by atoms with E-state index in [0.29, 0.717) is 0 Å². The summed E-state index contributed by atoms with van der Waals surface area (Å²) in [5, 5.41) is 0. The normalized spacial score (nSPS) is 24.7. The van der Waals surface area contributed by atoms with Crippen molar-refractivity contribution in [2.45, 2.75) is 19.3 Å². The first-order chi connectivity index (χ1) is 5.95. The quantitative estimate of drug-likeness (QED) is 0.522. The Hall–Kier alpha value is -1.24. The highest BCUT2D eigenvalue weighted by molar-refractivity contribution is 5.43. The fourth-order valence-corrected chi connectivity index (χ4v) is 2.15. The van der Waals surface area contributed by atoms with Gasteiger partial charge in [-0.1, -0.05) is 12.2 Å². The van der Waals surface area contributed by atoms with Gasteiger partial charge in [-0.15, -0.1) is 0 Å².